The molecule has 0 aromatic rings. The average molecular weight is 303 g/mol. The summed E-state index contributed by atoms with van der Waals surface area (Å²) in [5.41, 5.74) is 5.91. The molecule has 2 atom stereocenters. The molecule has 0 spiro atoms. The normalized spacial score (nSPS) is 30.1. The fourth-order valence-electron chi connectivity index (χ4n) is 3.12. The molecule has 1 saturated heterocycles. The molecule has 6 nitrogen and oxygen atoms in total. The predicted molar refractivity (Wildman–Crippen MR) is 77.5 cm³/mol. The maximum atomic E-state index is 12.2. The summed E-state index contributed by atoms with van der Waals surface area (Å²) in [6, 6.07) is 0.241. The van der Waals surface area contributed by atoms with E-state index in [9.17, 15) is 13.2 Å². The third-order valence-electron chi connectivity index (χ3n) is 4.35. The van der Waals surface area contributed by atoms with Crippen molar-refractivity contribution in [3.05, 3.63) is 0 Å². The van der Waals surface area contributed by atoms with Gasteiger partial charge in [-0.2, -0.15) is 0 Å². The van der Waals surface area contributed by atoms with Gasteiger partial charge in [-0.1, -0.05) is 6.42 Å². The van der Waals surface area contributed by atoms with Gasteiger partial charge in [0.2, 0.25) is 15.9 Å². The first-order chi connectivity index (χ1) is 9.36. The number of nitrogens with one attached hydrogen (secondary N) is 1. The zero-order valence-electron chi connectivity index (χ0n) is 12.0. The van der Waals surface area contributed by atoms with E-state index in [1.54, 1.807) is 0 Å². The first-order valence-electron chi connectivity index (χ1n) is 7.37. The summed E-state index contributed by atoms with van der Waals surface area (Å²) < 4.78 is 24.3. The molecule has 0 aromatic heterocycles. The maximum absolute atomic E-state index is 12.2. The quantitative estimate of drug-likeness (QED) is 0.770. The number of rotatable bonds is 3. The first kappa shape index (κ1) is 15.7. The second-order valence-electron chi connectivity index (χ2n) is 6.07. The van der Waals surface area contributed by atoms with Crippen LogP contribution in [-0.2, 0) is 14.8 Å². The van der Waals surface area contributed by atoms with E-state index in [0.717, 1.165) is 25.7 Å². The van der Waals surface area contributed by atoms with Gasteiger partial charge in [-0.25, -0.2) is 12.7 Å². The van der Waals surface area contributed by atoms with Gasteiger partial charge >= 0.3 is 0 Å². The number of amides is 1. The van der Waals surface area contributed by atoms with Crippen molar-refractivity contribution in [1.82, 2.24) is 9.62 Å². The van der Waals surface area contributed by atoms with Crippen LogP contribution in [0.15, 0.2) is 0 Å². The van der Waals surface area contributed by atoms with Crippen LogP contribution in [-0.4, -0.2) is 50.1 Å². The molecule has 20 heavy (non-hydrogen) atoms. The molecule has 1 amide bonds. The first-order valence-corrected chi connectivity index (χ1v) is 9.22. The van der Waals surface area contributed by atoms with Crippen molar-refractivity contribution >= 4 is 15.9 Å². The topological polar surface area (TPSA) is 92.5 Å². The van der Waals surface area contributed by atoms with Gasteiger partial charge in [-0.05, 0) is 32.1 Å². The van der Waals surface area contributed by atoms with E-state index >= 15 is 0 Å². The standard InChI is InChI=1S/C13H25N3O3S/c1-20(18,19)16-7-5-12(6-8-16)15-13(17)10-3-2-4-11(14)9-10/h10-12H,2-9,14H2,1H3,(H,15,17). The summed E-state index contributed by atoms with van der Waals surface area (Å²) in [5, 5.41) is 3.07. The SMILES string of the molecule is CS(=O)(=O)N1CCC(NC(=O)C2CCCC(N)C2)CC1. The number of carbonyl (C=O) groups excluding carboxylic acids is 1. The van der Waals surface area contributed by atoms with E-state index in [2.05, 4.69) is 5.32 Å². The van der Waals surface area contributed by atoms with E-state index in [4.69, 9.17) is 5.73 Å². The summed E-state index contributed by atoms with van der Waals surface area (Å²) in [6.45, 7) is 0.988. The number of sulfonamides is 1. The molecule has 0 radical (unpaired) electrons. The van der Waals surface area contributed by atoms with E-state index in [-0.39, 0.29) is 23.9 Å². The Bertz CT molecular complexity index is 444. The summed E-state index contributed by atoms with van der Waals surface area (Å²) >= 11 is 0. The Morgan fingerprint density at radius 2 is 1.85 bits per heavy atom. The fraction of sp³-hybridized carbons (Fsp3) is 0.923. The van der Waals surface area contributed by atoms with E-state index < -0.39 is 10.0 Å². The van der Waals surface area contributed by atoms with Crippen LogP contribution in [0.2, 0.25) is 0 Å². The number of nitrogens with two attached hydrogens (primary N) is 1. The van der Waals surface area contributed by atoms with Crippen LogP contribution in [0.3, 0.4) is 0 Å². The highest BCUT2D eigenvalue weighted by Gasteiger charge is 2.29. The molecule has 1 aliphatic heterocycles. The molecule has 1 saturated carbocycles. The third-order valence-corrected chi connectivity index (χ3v) is 5.66. The van der Waals surface area contributed by atoms with Gasteiger partial charge in [0.15, 0.2) is 0 Å². The lowest BCUT2D eigenvalue weighted by atomic mass is 9.85. The highest BCUT2D eigenvalue weighted by atomic mass is 32.2. The lowest BCUT2D eigenvalue weighted by Crippen LogP contribution is -2.48. The third kappa shape index (κ3) is 4.17. The molecular formula is C13H25N3O3S. The molecule has 2 fully saturated rings. The number of piperidine rings is 1. The van der Waals surface area contributed by atoms with Gasteiger partial charge in [0.05, 0.1) is 6.26 Å². The average Bonchev–Trinajstić information content (AvgIpc) is 2.38. The predicted octanol–water partition coefficient (Wildman–Crippen LogP) is 0.0441. The van der Waals surface area contributed by atoms with Crippen LogP contribution in [0.25, 0.3) is 0 Å². The Labute approximate surface area is 121 Å². The summed E-state index contributed by atoms with van der Waals surface area (Å²) in [4.78, 5) is 12.2. The van der Waals surface area contributed by atoms with Crippen molar-refractivity contribution in [2.24, 2.45) is 11.7 Å². The second-order valence-corrected chi connectivity index (χ2v) is 8.05. The van der Waals surface area contributed by atoms with Crippen LogP contribution >= 0.6 is 0 Å². The number of nitrogens with zero attached hydrogens (tertiary/aromatic N) is 1. The Morgan fingerprint density at radius 3 is 2.40 bits per heavy atom. The van der Waals surface area contributed by atoms with Gasteiger partial charge in [0.25, 0.3) is 0 Å². The lowest BCUT2D eigenvalue weighted by Gasteiger charge is -2.32. The summed E-state index contributed by atoms with van der Waals surface area (Å²) in [7, 11) is -3.10. The van der Waals surface area contributed by atoms with Crippen LogP contribution in [0.4, 0.5) is 0 Å². The molecule has 1 aliphatic carbocycles. The summed E-state index contributed by atoms with van der Waals surface area (Å²) in [6.07, 6.45) is 6.34. The van der Waals surface area contributed by atoms with Crippen LogP contribution in [0.1, 0.15) is 38.5 Å². The molecule has 7 heteroatoms. The Kier molecular flexibility index (Phi) is 5.04. The highest BCUT2D eigenvalue weighted by molar-refractivity contribution is 7.88. The minimum atomic E-state index is -3.10. The zero-order valence-corrected chi connectivity index (χ0v) is 12.9. The van der Waals surface area contributed by atoms with E-state index in [0.29, 0.717) is 25.9 Å². The molecule has 3 N–H and O–H groups in total. The van der Waals surface area contributed by atoms with Crippen molar-refractivity contribution in [2.45, 2.75) is 50.6 Å². The molecule has 1 heterocycles. The minimum absolute atomic E-state index is 0.0340. The van der Waals surface area contributed by atoms with Crippen molar-refractivity contribution in [3.63, 3.8) is 0 Å². The number of hydrogen-bond acceptors (Lipinski definition) is 4. The molecule has 2 unspecified atom stereocenters. The fourth-order valence-corrected chi connectivity index (χ4v) is 3.99. The monoisotopic (exact) mass is 303 g/mol. The number of hydrogen-bond donors (Lipinski definition) is 2. The molecule has 0 bridgehead atoms. The molecule has 2 aliphatic rings. The molecular weight excluding hydrogens is 278 g/mol. The Morgan fingerprint density at radius 1 is 1.20 bits per heavy atom. The highest BCUT2D eigenvalue weighted by Crippen LogP contribution is 2.24. The Balaban J connectivity index is 1.79. The van der Waals surface area contributed by atoms with Crippen molar-refractivity contribution in [2.75, 3.05) is 19.3 Å². The van der Waals surface area contributed by atoms with Crippen LogP contribution in [0, 0.1) is 5.92 Å². The molecule has 116 valence electrons. The zero-order chi connectivity index (χ0) is 14.8. The van der Waals surface area contributed by atoms with Gasteiger partial charge in [-0.15, -0.1) is 0 Å². The molecule has 0 aromatic carbocycles. The smallest absolute Gasteiger partial charge is 0.223 e. The van der Waals surface area contributed by atoms with Gasteiger partial charge in [0, 0.05) is 31.1 Å². The number of carbonyl (C=O) groups is 1. The summed E-state index contributed by atoms with van der Waals surface area (Å²) in [5.74, 6) is 0.129. The van der Waals surface area contributed by atoms with E-state index in [1.165, 1.54) is 10.6 Å². The van der Waals surface area contributed by atoms with Gasteiger partial charge < -0.3 is 11.1 Å². The molecule has 2 rings (SSSR count). The van der Waals surface area contributed by atoms with Crippen LogP contribution < -0.4 is 11.1 Å². The maximum Gasteiger partial charge on any atom is 0.223 e. The Hall–Kier alpha value is -0.660. The van der Waals surface area contributed by atoms with Gasteiger partial charge in [0.1, 0.15) is 0 Å². The van der Waals surface area contributed by atoms with Crippen molar-refractivity contribution in [3.8, 4) is 0 Å². The van der Waals surface area contributed by atoms with Gasteiger partial charge in [-0.3, -0.25) is 4.79 Å². The minimum Gasteiger partial charge on any atom is -0.353 e. The lowest BCUT2D eigenvalue weighted by molar-refractivity contribution is -0.127. The van der Waals surface area contributed by atoms with Crippen molar-refractivity contribution < 1.29 is 13.2 Å². The van der Waals surface area contributed by atoms with E-state index in [1.807, 2.05) is 0 Å². The second kappa shape index (κ2) is 6.41. The largest absolute Gasteiger partial charge is 0.353 e. The van der Waals surface area contributed by atoms with Crippen LogP contribution in [0.5, 0.6) is 0 Å². The van der Waals surface area contributed by atoms with Crippen molar-refractivity contribution in [1.29, 1.82) is 0 Å².